The Bertz CT molecular complexity index is 1010. The van der Waals surface area contributed by atoms with Crippen LogP contribution in [-0.4, -0.2) is 60.6 Å². The van der Waals surface area contributed by atoms with Crippen molar-refractivity contribution in [3.05, 3.63) is 18.2 Å². The van der Waals surface area contributed by atoms with Crippen LogP contribution >= 0.6 is 0 Å². The maximum atomic E-state index is 13.1. The summed E-state index contributed by atoms with van der Waals surface area (Å²) in [5, 5.41) is 5.44. The number of carbonyl (C=O) groups is 4. The molecule has 34 heavy (non-hydrogen) atoms. The van der Waals surface area contributed by atoms with Crippen LogP contribution < -0.4 is 20.1 Å². The number of carbonyl (C=O) groups excluding carboxylic acids is 4. The van der Waals surface area contributed by atoms with Gasteiger partial charge >= 0.3 is 12.0 Å². The van der Waals surface area contributed by atoms with E-state index in [1.807, 2.05) is 0 Å². The Balaban J connectivity index is 1.30. The van der Waals surface area contributed by atoms with Crippen LogP contribution in [0.5, 0.6) is 11.5 Å². The van der Waals surface area contributed by atoms with Crippen LogP contribution in [0.25, 0.3) is 0 Å². The molecule has 0 bridgehead atoms. The zero-order chi connectivity index (χ0) is 24.5. The summed E-state index contributed by atoms with van der Waals surface area (Å²) < 4.78 is 16.2. The summed E-state index contributed by atoms with van der Waals surface area (Å²) in [6.07, 6.45) is 2.77. The van der Waals surface area contributed by atoms with Crippen LogP contribution in [0.15, 0.2) is 18.2 Å². The topological polar surface area (TPSA) is 123 Å². The summed E-state index contributed by atoms with van der Waals surface area (Å²) >= 11 is 0. The maximum Gasteiger partial charge on any atom is 0.326 e. The first-order chi connectivity index (χ1) is 16.1. The second-order valence-corrected chi connectivity index (χ2v) is 10.2. The summed E-state index contributed by atoms with van der Waals surface area (Å²) in [5.74, 6) is -0.417. The van der Waals surface area contributed by atoms with E-state index in [0.717, 1.165) is 17.7 Å². The Morgan fingerprint density at radius 2 is 1.91 bits per heavy atom. The summed E-state index contributed by atoms with van der Waals surface area (Å²) in [6, 6.07) is 4.39. The molecule has 4 amide bonds. The molecule has 1 saturated heterocycles. The normalized spacial score (nSPS) is 25.5. The number of nitrogens with one attached hydrogen (secondary N) is 2. The number of imide groups is 1. The number of hydrogen-bond donors (Lipinski definition) is 2. The molecule has 184 valence electrons. The van der Waals surface area contributed by atoms with Crippen LogP contribution in [0.4, 0.5) is 10.5 Å². The fourth-order valence-corrected chi connectivity index (χ4v) is 5.41. The zero-order valence-corrected chi connectivity index (χ0v) is 19.8. The first kappa shape index (κ1) is 23.8. The van der Waals surface area contributed by atoms with Crippen LogP contribution in [0.2, 0.25) is 0 Å². The second-order valence-electron chi connectivity index (χ2n) is 10.2. The minimum atomic E-state index is -0.993. The third kappa shape index (κ3) is 5.10. The lowest BCUT2D eigenvalue weighted by Crippen LogP contribution is -2.54. The summed E-state index contributed by atoms with van der Waals surface area (Å²) in [7, 11) is 0. The van der Waals surface area contributed by atoms with Gasteiger partial charge in [0, 0.05) is 18.2 Å². The molecule has 0 radical (unpaired) electrons. The van der Waals surface area contributed by atoms with Crippen LogP contribution in [-0.2, 0) is 19.1 Å². The molecule has 1 spiro atoms. The van der Waals surface area contributed by atoms with E-state index in [2.05, 4.69) is 31.4 Å². The molecule has 1 aliphatic carbocycles. The van der Waals surface area contributed by atoms with E-state index in [0.29, 0.717) is 43.2 Å². The molecule has 4 rings (SSSR count). The molecule has 2 atom stereocenters. The number of benzene rings is 1. The molecular formula is C24H31N3O7. The Kier molecular flexibility index (Phi) is 6.42. The fraction of sp³-hybridized carbons (Fsp3) is 0.583. The van der Waals surface area contributed by atoms with Crippen LogP contribution in [0, 0.1) is 11.3 Å². The molecule has 10 heteroatoms. The van der Waals surface area contributed by atoms with Crippen molar-refractivity contribution in [3.63, 3.8) is 0 Å². The van der Waals surface area contributed by atoms with E-state index in [4.69, 9.17) is 14.2 Å². The van der Waals surface area contributed by atoms with Crippen LogP contribution in [0.1, 0.15) is 46.5 Å². The van der Waals surface area contributed by atoms with Gasteiger partial charge in [0.25, 0.3) is 11.8 Å². The highest BCUT2D eigenvalue weighted by Gasteiger charge is 2.56. The number of ether oxygens (including phenoxy) is 3. The standard InChI is InChI=1S/C24H31N3O7/c1-15-10-23(2,3)14-24(11-15)21(30)27(22(31)26-24)12-20(29)34-13-19(28)25-16-5-6-17-18(9-16)33-8-4-7-32-17/h5-6,9,15H,4,7-8,10-14H2,1-3H3,(H,25,28)(H,26,31)/t15-,24-/m0/s1. The van der Waals surface area contributed by atoms with Crippen molar-refractivity contribution >= 4 is 29.5 Å². The van der Waals surface area contributed by atoms with Gasteiger partial charge in [0.2, 0.25) is 0 Å². The Morgan fingerprint density at radius 3 is 2.65 bits per heavy atom. The lowest BCUT2D eigenvalue weighted by atomic mass is 9.64. The quantitative estimate of drug-likeness (QED) is 0.497. The van der Waals surface area contributed by atoms with E-state index in [1.165, 1.54) is 0 Å². The Labute approximate surface area is 198 Å². The van der Waals surface area contributed by atoms with E-state index in [-0.39, 0.29) is 11.3 Å². The molecule has 1 aromatic carbocycles. The van der Waals surface area contributed by atoms with Crippen molar-refractivity contribution in [3.8, 4) is 11.5 Å². The van der Waals surface area contributed by atoms with Gasteiger partial charge in [0.15, 0.2) is 18.1 Å². The van der Waals surface area contributed by atoms with Gasteiger partial charge in [-0.25, -0.2) is 4.79 Å². The highest BCUT2D eigenvalue weighted by molar-refractivity contribution is 6.09. The molecule has 0 unspecified atom stereocenters. The average Bonchev–Trinajstić information content (AvgIpc) is 2.90. The lowest BCUT2D eigenvalue weighted by molar-refractivity contribution is -0.150. The average molecular weight is 474 g/mol. The molecule has 2 fully saturated rings. The molecule has 3 aliphatic rings. The number of nitrogens with zero attached hydrogens (tertiary/aromatic N) is 1. The minimum Gasteiger partial charge on any atom is -0.490 e. The monoisotopic (exact) mass is 473 g/mol. The van der Waals surface area contributed by atoms with Crippen molar-refractivity contribution in [1.29, 1.82) is 0 Å². The third-order valence-electron chi connectivity index (χ3n) is 6.31. The van der Waals surface area contributed by atoms with Gasteiger partial charge in [0.05, 0.1) is 13.2 Å². The van der Waals surface area contributed by atoms with Crippen molar-refractivity contribution < 1.29 is 33.4 Å². The van der Waals surface area contributed by atoms with Crippen molar-refractivity contribution in [1.82, 2.24) is 10.2 Å². The predicted octanol–water partition coefficient (Wildman–Crippen LogP) is 2.47. The second kappa shape index (κ2) is 9.15. The van der Waals surface area contributed by atoms with Gasteiger partial charge in [-0.2, -0.15) is 0 Å². The van der Waals surface area contributed by atoms with Crippen LogP contribution in [0.3, 0.4) is 0 Å². The smallest absolute Gasteiger partial charge is 0.326 e. The highest BCUT2D eigenvalue weighted by atomic mass is 16.5. The van der Waals surface area contributed by atoms with Gasteiger partial charge in [-0.3, -0.25) is 19.3 Å². The largest absolute Gasteiger partial charge is 0.490 e. The number of hydrogen-bond acceptors (Lipinski definition) is 7. The van der Waals surface area contributed by atoms with Gasteiger partial charge in [0.1, 0.15) is 12.1 Å². The highest BCUT2D eigenvalue weighted by Crippen LogP contribution is 2.46. The number of amides is 4. The van der Waals surface area contributed by atoms with Gasteiger partial charge in [-0.15, -0.1) is 0 Å². The summed E-state index contributed by atoms with van der Waals surface area (Å²) in [5.41, 5.74) is -0.634. The van der Waals surface area contributed by atoms with E-state index < -0.39 is 42.5 Å². The molecule has 1 aromatic rings. The first-order valence-electron chi connectivity index (χ1n) is 11.6. The number of esters is 1. The zero-order valence-electron chi connectivity index (χ0n) is 19.8. The molecule has 2 N–H and O–H groups in total. The number of rotatable bonds is 5. The van der Waals surface area contributed by atoms with E-state index in [9.17, 15) is 19.2 Å². The fourth-order valence-electron chi connectivity index (χ4n) is 5.41. The van der Waals surface area contributed by atoms with Crippen molar-refractivity contribution in [2.24, 2.45) is 11.3 Å². The molecular weight excluding hydrogens is 442 g/mol. The Hall–Kier alpha value is -3.30. The Morgan fingerprint density at radius 1 is 1.18 bits per heavy atom. The maximum absolute atomic E-state index is 13.1. The first-order valence-corrected chi connectivity index (χ1v) is 11.6. The van der Waals surface area contributed by atoms with Crippen molar-refractivity contribution in [2.45, 2.75) is 52.0 Å². The van der Waals surface area contributed by atoms with E-state index in [1.54, 1.807) is 18.2 Å². The van der Waals surface area contributed by atoms with Gasteiger partial charge in [-0.1, -0.05) is 20.8 Å². The van der Waals surface area contributed by atoms with Crippen molar-refractivity contribution in [2.75, 3.05) is 31.7 Å². The molecule has 1 saturated carbocycles. The number of urea groups is 1. The van der Waals surface area contributed by atoms with E-state index >= 15 is 0 Å². The molecule has 2 aliphatic heterocycles. The molecule has 10 nitrogen and oxygen atoms in total. The molecule has 2 heterocycles. The summed E-state index contributed by atoms with van der Waals surface area (Å²) in [6.45, 7) is 6.18. The van der Waals surface area contributed by atoms with Gasteiger partial charge in [-0.05, 0) is 42.7 Å². The number of anilines is 1. The SMILES string of the molecule is C[C@H]1CC(C)(C)C[C@]2(C1)NC(=O)N(CC(=O)OCC(=O)Nc1ccc3c(c1)OCCCO3)C2=O. The summed E-state index contributed by atoms with van der Waals surface area (Å²) in [4.78, 5) is 51.1. The van der Waals surface area contributed by atoms with Gasteiger partial charge < -0.3 is 24.8 Å². The minimum absolute atomic E-state index is 0.109. The molecule has 0 aromatic heterocycles. The lowest BCUT2D eigenvalue weighted by Gasteiger charge is -2.43. The predicted molar refractivity (Wildman–Crippen MR) is 121 cm³/mol. The number of fused-ring (bicyclic) bond motifs is 1. The third-order valence-corrected chi connectivity index (χ3v) is 6.31.